The zero-order valence-electron chi connectivity index (χ0n) is 12.7. The predicted octanol–water partition coefficient (Wildman–Crippen LogP) is 2.63. The molecule has 0 aliphatic carbocycles. The lowest BCUT2D eigenvalue weighted by Gasteiger charge is -2.38. The number of carbonyl (C=O) groups is 1. The van der Waals surface area contributed by atoms with Gasteiger partial charge in [0, 0.05) is 29.6 Å². The molecule has 110 valence electrons. The van der Waals surface area contributed by atoms with E-state index >= 15 is 0 Å². The highest BCUT2D eigenvalue weighted by Crippen LogP contribution is 2.38. The molecule has 1 aromatic heterocycles. The van der Waals surface area contributed by atoms with E-state index in [-0.39, 0.29) is 23.5 Å². The molecule has 1 saturated heterocycles. The van der Waals surface area contributed by atoms with E-state index in [0.29, 0.717) is 6.42 Å². The standard InChI is InChI=1S/C17H21N3O/c1-17(2,3)20-15(21)10-13(18)16(20)12-6-7-14-11(9-12)5-4-8-19-14/h4-9,13,16H,10,18H2,1-3H3. The third-order valence-corrected chi connectivity index (χ3v) is 4.05. The van der Waals surface area contributed by atoms with Gasteiger partial charge in [-0.05, 0) is 44.5 Å². The van der Waals surface area contributed by atoms with Gasteiger partial charge in [-0.3, -0.25) is 9.78 Å². The van der Waals surface area contributed by atoms with Gasteiger partial charge in [0.1, 0.15) is 0 Å². The fraction of sp³-hybridized carbons (Fsp3) is 0.412. The van der Waals surface area contributed by atoms with Crippen molar-refractivity contribution in [3.8, 4) is 0 Å². The molecule has 4 nitrogen and oxygen atoms in total. The van der Waals surface area contributed by atoms with E-state index < -0.39 is 0 Å². The van der Waals surface area contributed by atoms with Crippen LogP contribution in [0.2, 0.25) is 0 Å². The smallest absolute Gasteiger partial charge is 0.225 e. The summed E-state index contributed by atoms with van der Waals surface area (Å²) in [5, 5.41) is 1.08. The van der Waals surface area contributed by atoms with Crippen molar-refractivity contribution < 1.29 is 4.79 Å². The fourth-order valence-electron chi connectivity index (χ4n) is 3.22. The second-order valence-electron chi connectivity index (χ2n) is 6.70. The predicted molar refractivity (Wildman–Crippen MR) is 83.7 cm³/mol. The first kappa shape index (κ1) is 14.0. The van der Waals surface area contributed by atoms with Crippen LogP contribution in [0.25, 0.3) is 10.9 Å². The molecule has 2 atom stereocenters. The average molecular weight is 283 g/mol. The van der Waals surface area contributed by atoms with Crippen LogP contribution < -0.4 is 5.73 Å². The van der Waals surface area contributed by atoms with Crippen molar-refractivity contribution >= 4 is 16.8 Å². The largest absolute Gasteiger partial charge is 0.329 e. The molecule has 1 aromatic carbocycles. The Kier molecular flexibility index (Phi) is 3.21. The maximum Gasteiger partial charge on any atom is 0.225 e. The number of hydrogen-bond acceptors (Lipinski definition) is 3. The summed E-state index contributed by atoms with van der Waals surface area (Å²) >= 11 is 0. The van der Waals surface area contributed by atoms with Gasteiger partial charge in [-0.2, -0.15) is 0 Å². The second-order valence-corrected chi connectivity index (χ2v) is 6.70. The summed E-state index contributed by atoms with van der Waals surface area (Å²) in [5.74, 6) is 0.131. The lowest BCUT2D eigenvalue weighted by Crippen LogP contribution is -2.45. The summed E-state index contributed by atoms with van der Waals surface area (Å²) < 4.78 is 0. The summed E-state index contributed by atoms with van der Waals surface area (Å²) in [7, 11) is 0. The van der Waals surface area contributed by atoms with E-state index in [1.165, 1.54) is 0 Å². The molecule has 1 aliphatic rings. The monoisotopic (exact) mass is 283 g/mol. The first-order valence-corrected chi connectivity index (χ1v) is 7.30. The topological polar surface area (TPSA) is 59.2 Å². The van der Waals surface area contributed by atoms with E-state index in [1.807, 2.05) is 29.2 Å². The van der Waals surface area contributed by atoms with E-state index in [0.717, 1.165) is 16.5 Å². The van der Waals surface area contributed by atoms with Gasteiger partial charge in [0.2, 0.25) is 5.91 Å². The van der Waals surface area contributed by atoms with Crippen molar-refractivity contribution in [2.45, 2.75) is 44.8 Å². The van der Waals surface area contributed by atoms with Crippen molar-refractivity contribution in [3.63, 3.8) is 0 Å². The van der Waals surface area contributed by atoms with Gasteiger partial charge in [-0.25, -0.2) is 0 Å². The van der Waals surface area contributed by atoms with E-state index in [1.54, 1.807) is 6.20 Å². The molecule has 0 saturated carbocycles. The third-order valence-electron chi connectivity index (χ3n) is 4.05. The van der Waals surface area contributed by atoms with E-state index in [9.17, 15) is 4.79 Å². The molecule has 2 heterocycles. The van der Waals surface area contributed by atoms with Crippen LogP contribution in [0, 0.1) is 0 Å². The highest BCUT2D eigenvalue weighted by atomic mass is 16.2. The van der Waals surface area contributed by atoms with Gasteiger partial charge in [0.15, 0.2) is 0 Å². The van der Waals surface area contributed by atoms with Crippen molar-refractivity contribution in [1.29, 1.82) is 0 Å². The summed E-state index contributed by atoms with van der Waals surface area (Å²) in [5.41, 5.74) is 8.06. The molecule has 2 N–H and O–H groups in total. The van der Waals surface area contributed by atoms with Gasteiger partial charge in [0.05, 0.1) is 11.6 Å². The van der Waals surface area contributed by atoms with Crippen LogP contribution in [0.4, 0.5) is 0 Å². The van der Waals surface area contributed by atoms with Crippen LogP contribution in [0.3, 0.4) is 0 Å². The molecular weight excluding hydrogens is 262 g/mol. The zero-order chi connectivity index (χ0) is 15.2. The number of aromatic nitrogens is 1. The molecule has 2 aromatic rings. The molecule has 0 bridgehead atoms. The fourth-order valence-corrected chi connectivity index (χ4v) is 3.22. The lowest BCUT2D eigenvalue weighted by atomic mass is 9.96. The quantitative estimate of drug-likeness (QED) is 0.875. The van der Waals surface area contributed by atoms with Crippen LogP contribution in [-0.2, 0) is 4.79 Å². The Balaban J connectivity index is 2.08. The Morgan fingerprint density at radius 2 is 2.05 bits per heavy atom. The molecular formula is C17H21N3O. The molecule has 2 unspecified atom stereocenters. The molecule has 0 radical (unpaired) electrons. The summed E-state index contributed by atoms with van der Waals surface area (Å²) in [4.78, 5) is 18.6. The minimum Gasteiger partial charge on any atom is -0.329 e. The minimum absolute atomic E-state index is 0.0675. The van der Waals surface area contributed by atoms with Crippen LogP contribution in [0.15, 0.2) is 36.5 Å². The number of nitrogens with zero attached hydrogens (tertiary/aromatic N) is 2. The van der Waals surface area contributed by atoms with Crippen molar-refractivity contribution in [3.05, 3.63) is 42.1 Å². The zero-order valence-corrected chi connectivity index (χ0v) is 12.7. The number of fused-ring (bicyclic) bond motifs is 1. The normalized spacial score (nSPS) is 23.0. The second kappa shape index (κ2) is 4.81. The highest BCUT2D eigenvalue weighted by molar-refractivity contribution is 5.83. The number of amides is 1. The lowest BCUT2D eigenvalue weighted by molar-refractivity contribution is -0.133. The Hall–Kier alpha value is -1.94. The minimum atomic E-state index is -0.236. The molecule has 1 fully saturated rings. The Bertz CT molecular complexity index is 690. The van der Waals surface area contributed by atoms with Gasteiger partial charge in [-0.15, -0.1) is 0 Å². The number of rotatable bonds is 1. The SMILES string of the molecule is CC(C)(C)N1C(=O)CC(N)C1c1ccc2ncccc2c1. The number of hydrogen-bond donors (Lipinski definition) is 1. The van der Waals surface area contributed by atoms with Crippen LogP contribution >= 0.6 is 0 Å². The average Bonchev–Trinajstić information content (AvgIpc) is 2.73. The van der Waals surface area contributed by atoms with Gasteiger partial charge in [-0.1, -0.05) is 12.1 Å². The summed E-state index contributed by atoms with van der Waals surface area (Å²) in [6.45, 7) is 6.16. The Morgan fingerprint density at radius 3 is 2.76 bits per heavy atom. The van der Waals surface area contributed by atoms with Gasteiger partial charge in [0.25, 0.3) is 0 Å². The molecule has 21 heavy (non-hydrogen) atoms. The van der Waals surface area contributed by atoms with Gasteiger partial charge < -0.3 is 10.6 Å². The first-order valence-electron chi connectivity index (χ1n) is 7.30. The summed E-state index contributed by atoms with van der Waals surface area (Å²) in [6.07, 6.45) is 2.20. The number of carbonyl (C=O) groups excluding carboxylic acids is 1. The van der Waals surface area contributed by atoms with E-state index in [4.69, 9.17) is 5.73 Å². The maximum atomic E-state index is 12.3. The number of likely N-dealkylation sites (tertiary alicyclic amines) is 1. The third kappa shape index (κ3) is 2.40. The highest BCUT2D eigenvalue weighted by Gasteiger charge is 2.43. The van der Waals surface area contributed by atoms with E-state index in [2.05, 4.69) is 31.8 Å². The molecule has 1 aliphatic heterocycles. The number of pyridine rings is 1. The molecule has 1 amide bonds. The molecule has 3 rings (SSSR count). The van der Waals surface area contributed by atoms with Gasteiger partial charge >= 0.3 is 0 Å². The van der Waals surface area contributed by atoms with Crippen LogP contribution in [-0.4, -0.2) is 27.4 Å². The van der Waals surface area contributed by atoms with Crippen molar-refractivity contribution in [1.82, 2.24) is 9.88 Å². The van der Waals surface area contributed by atoms with Crippen molar-refractivity contribution in [2.75, 3.05) is 0 Å². The first-order chi connectivity index (χ1) is 9.88. The molecule has 4 heteroatoms. The van der Waals surface area contributed by atoms with Crippen LogP contribution in [0.5, 0.6) is 0 Å². The molecule has 0 spiro atoms. The Labute approximate surface area is 125 Å². The number of nitrogens with two attached hydrogens (primary N) is 1. The van der Waals surface area contributed by atoms with Crippen LogP contribution in [0.1, 0.15) is 38.8 Å². The number of benzene rings is 1. The summed E-state index contributed by atoms with van der Waals surface area (Å²) in [6, 6.07) is 9.87. The maximum absolute atomic E-state index is 12.3. The Morgan fingerprint density at radius 1 is 1.29 bits per heavy atom. The van der Waals surface area contributed by atoms with Crippen molar-refractivity contribution in [2.24, 2.45) is 5.73 Å².